The smallest absolute Gasteiger partial charge is 0.331 e. The van der Waals surface area contributed by atoms with Gasteiger partial charge in [0.1, 0.15) is 0 Å². The summed E-state index contributed by atoms with van der Waals surface area (Å²) in [4.78, 5) is 32.6. The minimum absolute atomic E-state index is 0.0473. The average Bonchev–Trinajstić information content (AvgIpc) is 2.01. The monoisotopic (exact) mass is 214 g/mol. The molecule has 0 fully saturated rings. The van der Waals surface area contributed by atoms with Gasteiger partial charge in [-0.3, -0.25) is 9.59 Å². The molecule has 0 saturated heterocycles. The van der Waals surface area contributed by atoms with Crippen LogP contribution in [0.3, 0.4) is 0 Å². The number of hydrogen-bond acceptors (Lipinski definition) is 4. The highest BCUT2D eigenvalue weighted by Crippen LogP contribution is 2.16. The summed E-state index contributed by atoms with van der Waals surface area (Å²) in [5.74, 6) is -2.23. The first kappa shape index (κ1) is 13.4. The maximum Gasteiger partial charge on any atom is 0.331 e. The van der Waals surface area contributed by atoms with E-state index in [1.165, 1.54) is 20.8 Å². The van der Waals surface area contributed by atoms with Crippen LogP contribution in [0.5, 0.6) is 0 Å². The van der Waals surface area contributed by atoms with Gasteiger partial charge >= 0.3 is 11.9 Å². The first-order valence-electron chi connectivity index (χ1n) is 4.32. The molecule has 5 heteroatoms. The molecule has 0 aromatic heterocycles. The van der Waals surface area contributed by atoms with Crippen molar-refractivity contribution < 1.29 is 24.2 Å². The van der Waals surface area contributed by atoms with Crippen LogP contribution in [0.25, 0.3) is 0 Å². The number of aliphatic carboxylic acids is 1. The number of rotatable bonds is 4. The van der Waals surface area contributed by atoms with Crippen molar-refractivity contribution in [1.82, 2.24) is 0 Å². The van der Waals surface area contributed by atoms with Crippen molar-refractivity contribution in [3.8, 4) is 0 Å². The van der Waals surface area contributed by atoms with Crippen LogP contribution in [0, 0.1) is 0 Å². The van der Waals surface area contributed by atoms with Crippen molar-refractivity contribution in [2.75, 3.05) is 0 Å². The highest BCUT2D eigenvalue weighted by molar-refractivity contribution is 5.92. The van der Waals surface area contributed by atoms with E-state index in [1.54, 1.807) is 0 Å². The van der Waals surface area contributed by atoms with Gasteiger partial charge in [0, 0.05) is 12.5 Å². The second-order valence-corrected chi connectivity index (χ2v) is 3.39. The Balaban J connectivity index is 5.13. The molecular weight excluding hydrogens is 200 g/mol. The van der Waals surface area contributed by atoms with Gasteiger partial charge in [-0.2, -0.15) is 0 Å². The van der Waals surface area contributed by atoms with Gasteiger partial charge in [-0.15, -0.1) is 0 Å². The number of ether oxygens (including phenoxy) is 1. The van der Waals surface area contributed by atoms with E-state index < -0.39 is 23.3 Å². The quantitative estimate of drug-likeness (QED) is 0.556. The minimum atomic E-state index is -1.51. The molecule has 0 rings (SSSR count). The van der Waals surface area contributed by atoms with Crippen LogP contribution in [-0.2, 0) is 19.1 Å². The van der Waals surface area contributed by atoms with Crippen molar-refractivity contribution in [1.29, 1.82) is 0 Å². The Morgan fingerprint density at radius 1 is 1.20 bits per heavy atom. The fourth-order valence-corrected chi connectivity index (χ4v) is 0.976. The Morgan fingerprint density at radius 3 is 1.93 bits per heavy atom. The first-order valence-corrected chi connectivity index (χ1v) is 4.32. The molecule has 0 aliphatic rings. The summed E-state index contributed by atoms with van der Waals surface area (Å²) in [6, 6.07) is 0. The van der Waals surface area contributed by atoms with Gasteiger partial charge in [0.05, 0.1) is 0 Å². The van der Waals surface area contributed by atoms with Gasteiger partial charge in [-0.25, -0.2) is 4.79 Å². The second kappa shape index (κ2) is 4.72. The highest BCUT2D eigenvalue weighted by atomic mass is 16.6. The molecule has 5 nitrogen and oxygen atoms in total. The predicted octanol–water partition coefficient (Wildman–Crippen LogP) is 0.928. The van der Waals surface area contributed by atoms with E-state index in [4.69, 9.17) is 9.84 Å². The van der Waals surface area contributed by atoms with Gasteiger partial charge in [0.15, 0.2) is 11.4 Å². The van der Waals surface area contributed by atoms with Crippen molar-refractivity contribution in [3.05, 3.63) is 11.6 Å². The normalized spacial score (nSPS) is 15.3. The third-order valence-corrected chi connectivity index (χ3v) is 1.88. The number of ketones is 1. The predicted molar refractivity (Wildman–Crippen MR) is 52.2 cm³/mol. The van der Waals surface area contributed by atoms with Crippen LogP contribution in [0.15, 0.2) is 11.6 Å². The van der Waals surface area contributed by atoms with Crippen LogP contribution in [0.1, 0.15) is 27.7 Å². The minimum Gasteiger partial charge on any atom is -0.478 e. The molecule has 0 saturated carbocycles. The third-order valence-electron chi connectivity index (χ3n) is 1.88. The van der Waals surface area contributed by atoms with Crippen molar-refractivity contribution in [2.24, 2.45) is 0 Å². The summed E-state index contributed by atoms with van der Waals surface area (Å²) < 4.78 is 4.79. The highest BCUT2D eigenvalue weighted by Gasteiger charge is 2.31. The zero-order valence-corrected chi connectivity index (χ0v) is 9.16. The third kappa shape index (κ3) is 3.93. The molecule has 15 heavy (non-hydrogen) atoms. The average molecular weight is 214 g/mol. The Hall–Kier alpha value is -1.65. The standard InChI is InChI=1S/C10H14O5/c1-6(9(13)14)5-10(4,7(2)11)15-8(3)12/h5H,1-4H3,(H,13,14). The van der Waals surface area contributed by atoms with E-state index >= 15 is 0 Å². The van der Waals surface area contributed by atoms with Gasteiger partial charge in [0.2, 0.25) is 0 Å². The molecular formula is C10H14O5. The summed E-state index contributed by atoms with van der Waals surface area (Å²) in [5.41, 5.74) is -1.55. The van der Waals surface area contributed by atoms with E-state index in [2.05, 4.69) is 0 Å². The molecule has 1 N–H and O–H groups in total. The van der Waals surface area contributed by atoms with Crippen molar-refractivity contribution in [2.45, 2.75) is 33.3 Å². The summed E-state index contributed by atoms with van der Waals surface area (Å²) >= 11 is 0. The Morgan fingerprint density at radius 2 is 1.67 bits per heavy atom. The first-order chi connectivity index (χ1) is 6.69. The van der Waals surface area contributed by atoms with Gasteiger partial charge < -0.3 is 9.84 Å². The molecule has 1 atom stereocenters. The van der Waals surface area contributed by atoms with Gasteiger partial charge in [-0.1, -0.05) is 0 Å². The number of carbonyl (C=O) groups is 3. The van der Waals surface area contributed by atoms with Crippen LogP contribution in [-0.4, -0.2) is 28.4 Å². The van der Waals surface area contributed by atoms with Crippen LogP contribution in [0.2, 0.25) is 0 Å². The number of carbonyl (C=O) groups excluding carboxylic acids is 2. The van der Waals surface area contributed by atoms with Crippen LogP contribution < -0.4 is 0 Å². The van der Waals surface area contributed by atoms with E-state index in [1.807, 2.05) is 0 Å². The Bertz CT molecular complexity index is 329. The topological polar surface area (TPSA) is 80.7 Å². The molecule has 0 aliphatic carbocycles. The van der Waals surface area contributed by atoms with E-state index in [-0.39, 0.29) is 5.57 Å². The number of carboxylic acids is 1. The number of Topliss-reactive ketones (excluding diaryl/α,β-unsaturated/α-hetero) is 1. The molecule has 1 unspecified atom stereocenters. The van der Waals surface area contributed by atoms with Crippen LogP contribution >= 0.6 is 0 Å². The zero-order chi connectivity index (χ0) is 12.2. The van der Waals surface area contributed by atoms with E-state index in [0.29, 0.717) is 0 Å². The maximum atomic E-state index is 11.2. The lowest BCUT2D eigenvalue weighted by atomic mass is 9.98. The molecule has 0 aliphatic heterocycles. The molecule has 0 heterocycles. The van der Waals surface area contributed by atoms with E-state index in [9.17, 15) is 14.4 Å². The van der Waals surface area contributed by atoms with Crippen molar-refractivity contribution in [3.63, 3.8) is 0 Å². The molecule has 0 spiro atoms. The molecule has 0 aromatic carbocycles. The lowest BCUT2D eigenvalue weighted by Crippen LogP contribution is -2.37. The lowest BCUT2D eigenvalue weighted by molar-refractivity contribution is -0.158. The lowest BCUT2D eigenvalue weighted by Gasteiger charge is -2.22. The molecule has 0 aromatic rings. The zero-order valence-electron chi connectivity index (χ0n) is 9.16. The fourth-order valence-electron chi connectivity index (χ4n) is 0.976. The molecule has 0 bridgehead atoms. The summed E-state index contributed by atoms with van der Waals surface area (Å²) in [5, 5.41) is 8.64. The molecule has 84 valence electrons. The Kier molecular flexibility index (Phi) is 4.21. The fraction of sp³-hybridized carbons (Fsp3) is 0.500. The number of carboxylic acid groups (broad SMARTS) is 1. The molecule has 0 amide bonds. The summed E-state index contributed by atoms with van der Waals surface area (Å²) in [6.07, 6.45) is 1.12. The van der Waals surface area contributed by atoms with Gasteiger partial charge in [0.25, 0.3) is 0 Å². The largest absolute Gasteiger partial charge is 0.478 e. The molecule has 0 radical (unpaired) electrons. The Labute approximate surface area is 87.7 Å². The summed E-state index contributed by atoms with van der Waals surface area (Å²) in [7, 11) is 0. The summed E-state index contributed by atoms with van der Waals surface area (Å²) in [6.45, 7) is 5.07. The SMILES string of the molecule is CC(=O)OC(C)(C=C(C)C(=O)O)C(C)=O. The number of hydrogen-bond donors (Lipinski definition) is 1. The van der Waals surface area contributed by atoms with Crippen molar-refractivity contribution >= 4 is 17.7 Å². The maximum absolute atomic E-state index is 11.2. The van der Waals surface area contributed by atoms with Crippen LogP contribution in [0.4, 0.5) is 0 Å². The second-order valence-electron chi connectivity index (χ2n) is 3.39. The number of esters is 1. The van der Waals surface area contributed by atoms with Gasteiger partial charge in [-0.05, 0) is 26.8 Å². The van der Waals surface area contributed by atoms with E-state index in [0.717, 1.165) is 13.0 Å².